The van der Waals surface area contributed by atoms with Gasteiger partial charge in [0.1, 0.15) is 5.82 Å². The van der Waals surface area contributed by atoms with Gasteiger partial charge in [0, 0.05) is 34.4 Å². The molecule has 0 fully saturated rings. The van der Waals surface area contributed by atoms with Crippen LogP contribution in [0, 0.1) is 12.7 Å². The molecule has 0 aliphatic carbocycles. The SMILES string of the molecule is CCN(CC)C(=O)c1ccc(NC(=O)c2sc3cccc(F)c3c2C)cc1. The molecule has 27 heavy (non-hydrogen) atoms. The summed E-state index contributed by atoms with van der Waals surface area (Å²) < 4.78 is 14.8. The van der Waals surface area contributed by atoms with Crippen LogP contribution in [0.25, 0.3) is 10.1 Å². The summed E-state index contributed by atoms with van der Waals surface area (Å²) in [5.74, 6) is -0.635. The lowest BCUT2D eigenvalue weighted by Crippen LogP contribution is -2.30. The fraction of sp³-hybridized carbons (Fsp3) is 0.238. The maximum atomic E-state index is 14.0. The average molecular weight is 384 g/mol. The van der Waals surface area contributed by atoms with E-state index >= 15 is 0 Å². The van der Waals surface area contributed by atoms with E-state index < -0.39 is 0 Å². The first kappa shape index (κ1) is 19.0. The first-order chi connectivity index (χ1) is 13.0. The Morgan fingerprint density at radius 3 is 2.33 bits per heavy atom. The van der Waals surface area contributed by atoms with Crippen LogP contribution in [-0.4, -0.2) is 29.8 Å². The van der Waals surface area contributed by atoms with Crippen molar-refractivity contribution in [2.45, 2.75) is 20.8 Å². The number of thiophene rings is 1. The van der Waals surface area contributed by atoms with Gasteiger partial charge >= 0.3 is 0 Å². The number of amides is 2. The number of carbonyl (C=O) groups excluding carboxylic acids is 2. The average Bonchev–Trinajstić information content (AvgIpc) is 3.01. The van der Waals surface area contributed by atoms with Crippen LogP contribution in [0.15, 0.2) is 42.5 Å². The normalized spacial score (nSPS) is 10.8. The minimum Gasteiger partial charge on any atom is -0.339 e. The van der Waals surface area contributed by atoms with Gasteiger partial charge in [0.05, 0.1) is 4.88 Å². The molecular formula is C21H21FN2O2S. The van der Waals surface area contributed by atoms with E-state index in [0.717, 1.165) is 4.70 Å². The Labute approximate surface area is 161 Å². The van der Waals surface area contributed by atoms with Crippen LogP contribution in [-0.2, 0) is 0 Å². The summed E-state index contributed by atoms with van der Waals surface area (Å²) in [4.78, 5) is 27.2. The number of hydrogen-bond acceptors (Lipinski definition) is 3. The van der Waals surface area contributed by atoms with Crippen molar-refractivity contribution in [2.75, 3.05) is 18.4 Å². The Hall–Kier alpha value is -2.73. The van der Waals surface area contributed by atoms with Crippen molar-refractivity contribution < 1.29 is 14.0 Å². The Balaban J connectivity index is 1.80. The molecule has 0 saturated heterocycles. The van der Waals surface area contributed by atoms with Gasteiger partial charge in [-0.25, -0.2) is 4.39 Å². The number of aryl methyl sites for hydroxylation is 1. The van der Waals surface area contributed by atoms with Crippen molar-refractivity contribution >= 4 is 38.9 Å². The molecule has 2 amide bonds. The summed E-state index contributed by atoms with van der Waals surface area (Å²) in [5, 5.41) is 3.32. The molecule has 0 atom stereocenters. The zero-order valence-electron chi connectivity index (χ0n) is 15.5. The Morgan fingerprint density at radius 1 is 1.07 bits per heavy atom. The number of anilines is 1. The topological polar surface area (TPSA) is 49.4 Å². The molecule has 0 aliphatic rings. The molecule has 1 N–H and O–H groups in total. The Kier molecular flexibility index (Phi) is 5.56. The van der Waals surface area contributed by atoms with Gasteiger partial charge in [0.2, 0.25) is 0 Å². The molecule has 6 heteroatoms. The first-order valence-corrected chi connectivity index (χ1v) is 9.66. The van der Waals surface area contributed by atoms with Crippen molar-refractivity contribution in [2.24, 2.45) is 0 Å². The van der Waals surface area contributed by atoms with Gasteiger partial charge in [-0.1, -0.05) is 6.07 Å². The molecule has 140 valence electrons. The molecular weight excluding hydrogens is 363 g/mol. The second kappa shape index (κ2) is 7.88. The smallest absolute Gasteiger partial charge is 0.266 e. The molecule has 3 aromatic rings. The van der Waals surface area contributed by atoms with Crippen molar-refractivity contribution in [1.29, 1.82) is 0 Å². The van der Waals surface area contributed by atoms with Gasteiger partial charge in [-0.2, -0.15) is 0 Å². The predicted molar refractivity (Wildman–Crippen MR) is 108 cm³/mol. The van der Waals surface area contributed by atoms with Gasteiger partial charge in [0.25, 0.3) is 11.8 Å². The predicted octanol–water partition coefficient (Wildman–Crippen LogP) is 5.08. The summed E-state index contributed by atoms with van der Waals surface area (Å²) in [7, 11) is 0. The van der Waals surface area contributed by atoms with E-state index in [1.807, 2.05) is 13.8 Å². The fourth-order valence-electron chi connectivity index (χ4n) is 3.05. The summed E-state index contributed by atoms with van der Waals surface area (Å²) in [5.41, 5.74) is 1.81. The number of nitrogens with zero attached hydrogens (tertiary/aromatic N) is 1. The fourth-order valence-corrected chi connectivity index (χ4v) is 4.17. The highest BCUT2D eigenvalue weighted by Crippen LogP contribution is 2.33. The number of rotatable bonds is 5. The largest absolute Gasteiger partial charge is 0.339 e. The zero-order chi connectivity index (χ0) is 19.6. The highest BCUT2D eigenvalue weighted by molar-refractivity contribution is 7.21. The maximum Gasteiger partial charge on any atom is 0.266 e. The number of benzene rings is 2. The third-order valence-electron chi connectivity index (χ3n) is 4.55. The van der Waals surface area contributed by atoms with Gasteiger partial charge < -0.3 is 10.2 Å². The molecule has 3 rings (SSSR count). The van der Waals surface area contributed by atoms with E-state index in [2.05, 4.69) is 5.32 Å². The monoisotopic (exact) mass is 384 g/mol. The lowest BCUT2D eigenvalue weighted by molar-refractivity contribution is 0.0773. The van der Waals surface area contributed by atoms with E-state index in [9.17, 15) is 14.0 Å². The van der Waals surface area contributed by atoms with Gasteiger partial charge in [-0.15, -0.1) is 11.3 Å². The quantitative estimate of drug-likeness (QED) is 0.667. The third-order valence-corrected chi connectivity index (χ3v) is 5.81. The minimum atomic E-state index is -0.320. The van der Waals surface area contributed by atoms with Crippen molar-refractivity contribution in [3.63, 3.8) is 0 Å². The standard InChI is InChI=1S/C21H21FN2O2S/c1-4-24(5-2)21(26)14-9-11-15(12-10-14)23-20(25)19-13(3)18-16(22)7-6-8-17(18)27-19/h6-12H,4-5H2,1-3H3,(H,23,25). The molecule has 0 spiro atoms. The van der Waals surface area contributed by atoms with Crippen LogP contribution in [0.3, 0.4) is 0 Å². The summed E-state index contributed by atoms with van der Waals surface area (Å²) >= 11 is 1.27. The Morgan fingerprint density at radius 2 is 1.74 bits per heavy atom. The number of carbonyl (C=O) groups is 2. The highest BCUT2D eigenvalue weighted by atomic mass is 32.1. The Bertz CT molecular complexity index is 991. The van der Waals surface area contributed by atoms with Crippen LogP contribution in [0.2, 0.25) is 0 Å². The number of nitrogens with one attached hydrogen (secondary N) is 1. The van der Waals surface area contributed by atoms with Gasteiger partial charge in [-0.3, -0.25) is 9.59 Å². The van der Waals surface area contributed by atoms with Crippen LogP contribution < -0.4 is 5.32 Å². The summed E-state index contributed by atoms with van der Waals surface area (Å²) in [6, 6.07) is 11.7. The summed E-state index contributed by atoms with van der Waals surface area (Å²) in [6.45, 7) is 6.92. The van der Waals surface area contributed by atoms with E-state index in [1.165, 1.54) is 17.4 Å². The van der Waals surface area contributed by atoms with E-state index in [1.54, 1.807) is 48.2 Å². The van der Waals surface area contributed by atoms with E-state index in [0.29, 0.717) is 40.2 Å². The van der Waals surface area contributed by atoms with Gasteiger partial charge in [0.15, 0.2) is 0 Å². The number of fused-ring (bicyclic) bond motifs is 1. The zero-order valence-corrected chi connectivity index (χ0v) is 16.3. The second-order valence-corrected chi connectivity index (χ2v) is 7.23. The van der Waals surface area contributed by atoms with Crippen LogP contribution in [0.5, 0.6) is 0 Å². The van der Waals surface area contributed by atoms with E-state index in [-0.39, 0.29) is 17.6 Å². The lowest BCUT2D eigenvalue weighted by atomic mass is 10.1. The molecule has 0 bridgehead atoms. The third kappa shape index (κ3) is 3.71. The van der Waals surface area contributed by atoms with Crippen molar-refractivity contribution in [1.82, 2.24) is 4.90 Å². The highest BCUT2D eigenvalue weighted by Gasteiger charge is 2.18. The minimum absolute atomic E-state index is 0.0336. The van der Waals surface area contributed by atoms with Crippen molar-refractivity contribution in [3.05, 3.63) is 64.3 Å². The molecule has 1 aromatic heterocycles. The van der Waals surface area contributed by atoms with E-state index in [4.69, 9.17) is 0 Å². The van der Waals surface area contributed by atoms with Crippen LogP contribution in [0.4, 0.5) is 10.1 Å². The molecule has 0 saturated carbocycles. The molecule has 0 radical (unpaired) electrons. The second-order valence-electron chi connectivity index (χ2n) is 6.18. The molecule has 4 nitrogen and oxygen atoms in total. The first-order valence-electron chi connectivity index (χ1n) is 8.84. The van der Waals surface area contributed by atoms with Crippen molar-refractivity contribution in [3.8, 4) is 0 Å². The number of hydrogen-bond donors (Lipinski definition) is 1. The van der Waals surface area contributed by atoms with Gasteiger partial charge in [-0.05, 0) is 62.7 Å². The molecule has 1 heterocycles. The summed E-state index contributed by atoms with van der Waals surface area (Å²) in [6.07, 6.45) is 0. The molecule has 2 aromatic carbocycles. The van der Waals surface area contributed by atoms with Crippen LogP contribution in [0.1, 0.15) is 39.4 Å². The molecule has 0 aliphatic heterocycles. The molecule has 0 unspecified atom stereocenters. The van der Waals surface area contributed by atoms with Crippen LogP contribution >= 0.6 is 11.3 Å². The maximum absolute atomic E-state index is 14.0. The number of halogens is 1. The lowest BCUT2D eigenvalue weighted by Gasteiger charge is -2.18.